The third kappa shape index (κ3) is 5.75. The highest BCUT2D eigenvalue weighted by Gasteiger charge is 2.41. The van der Waals surface area contributed by atoms with Crippen LogP contribution in [0, 0.1) is 17.8 Å². The van der Waals surface area contributed by atoms with Gasteiger partial charge in [-0.3, -0.25) is 0 Å². The second kappa shape index (κ2) is 12.9. The summed E-state index contributed by atoms with van der Waals surface area (Å²) in [4.78, 5) is 2.40. The van der Waals surface area contributed by atoms with Gasteiger partial charge in [0.1, 0.15) is 11.5 Å². The van der Waals surface area contributed by atoms with Crippen LogP contribution >= 0.6 is 0 Å². The van der Waals surface area contributed by atoms with Crippen molar-refractivity contribution in [3.8, 4) is 33.8 Å². The molecule has 0 saturated heterocycles. The highest BCUT2D eigenvalue weighted by Crippen LogP contribution is 2.54. The van der Waals surface area contributed by atoms with Crippen LogP contribution in [0.1, 0.15) is 75.5 Å². The SMILES string of the molecule is CC1C[C@H]2CCC[C@@H](C1)C2c1ccccc1Oc1ccc(N(c2cccc(-c3ccccc3)c2)c2ccc3c(c2)C(C)(C)c2ccccc2-3)cc1. The third-order valence-corrected chi connectivity index (χ3v) is 12.2. The Morgan fingerprint density at radius 1 is 0.569 bits per heavy atom. The van der Waals surface area contributed by atoms with Gasteiger partial charge in [-0.25, -0.2) is 0 Å². The molecule has 0 heterocycles. The molecule has 2 heteroatoms. The first-order chi connectivity index (χ1) is 24.9. The zero-order chi connectivity index (χ0) is 34.5. The minimum absolute atomic E-state index is 0.0839. The van der Waals surface area contributed by atoms with E-state index in [-0.39, 0.29) is 5.41 Å². The maximum Gasteiger partial charge on any atom is 0.130 e. The Balaban J connectivity index is 1.09. The molecule has 6 aromatic rings. The molecule has 254 valence electrons. The molecule has 9 rings (SSSR count). The lowest BCUT2D eigenvalue weighted by Gasteiger charge is -2.45. The van der Waals surface area contributed by atoms with Gasteiger partial charge in [0.2, 0.25) is 0 Å². The van der Waals surface area contributed by atoms with Crippen LogP contribution < -0.4 is 9.64 Å². The zero-order valence-electron chi connectivity index (χ0n) is 30.1. The van der Waals surface area contributed by atoms with Crippen LogP contribution in [0.4, 0.5) is 17.1 Å². The number of ether oxygens (including phenoxy) is 1. The number of hydrogen-bond acceptors (Lipinski definition) is 2. The average Bonchev–Trinajstić information content (AvgIpc) is 3.38. The summed E-state index contributed by atoms with van der Waals surface area (Å²) in [5.41, 5.74) is 12.5. The van der Waals surface area contributed by atoms with Crippen LogP contribution in [0.2, 0.25) is 0 Å². The summed E-state index contributed by atoms with van der Waals surface area (Å²) in [6, 6.07) is 53.1. The number of nitrogens with zero attached hydrogens (tertiary/aromatic N) is 1. The van der Waals surface area contributed by atoms with Crippen molar-refractivity contribution >= 4 is 17.1 Å². The molecular formula is C49H47NO. The van der Waals surface area contributed by atoms with E-state index in [1.54, 1.807) is 0 Å². The lowest BCUT2D eigenvalue weighted by atomic mass is 9.59. The molecule has 2 bridgehead atoms. The van der Waals surface area contributed by atoms with Gasteiger partial charge in [-0.15, -0.1) is 0 Å². The maximum absolute atomic E-state index is 6.78. The summed E-state index contributed by atoms with van der Waals surface area (Å²) < 4.78 is 6.78. The highest BCUT2D eigenvalue weighted by atomic mass is 16.5. The van der Waals surface area contributed by atoms with Crippen LogP contribution in [-0.4, -0.2) is 0 Å². The van der Waals surface area contributed by atoms with E-state index in [9.17, 15) is 0 Å². The predicted octanol–water partition coefficient (Wildman–Crippen LogP) is 13.9. The fourth-order valence-corrected chi connectivity index (χ4v) is 9.93. The van der Waals surface area contributed by atoms with E-state index in [0.29, 0.717) is 5.92 Å². The summed E-state index contributed by atoms with van der Waals surface area (Å²) in [7, 11) is 0. The van der Waals surface area contributed by atoms with Gasteiger partial charge in [-0.1, -0.05) is 118 Å². The summed E-state index contributed by atoms with van der Waals surface area (Å²) in [6.45, 7) is 7.16. The smallest absolute Gasteiger partial charge is 0.130 e. The Kier molecular flexibility index (Phi) is 8.07. The van der Waals surface area contributed by atoms with Gasteiger partial charge in [0.25, 0.3) is 0 Å². The van der Waals surface area contributed by atoms with E-state index in [1.165, 1.54) is 71.0 Å². The van der Waals surface area contributed by atoms with Crippen molar-refractivity contribution in [2.24, 2.45) is 17.8 Å². The van der Waals surface area contributed by atoms with Gasteiger partial charge in [-0.05, 0) is 143 Å². The molecular weight excluding hydrogens is 619 g/mol. The van der Waals surface area contributed by atoms with Gasteiger partial charge in [0.15, 0.2) is 0 Å². The number of fused-ring (bicyclic) bond motifs is 5. The van der Waals surface area contributed by atoms with Crippen LogP contribution in [0.5, 0.6) is 11.5 Å². The van der Waals surface area contributed by atoms with Gasteiger partial charge in [-0.2, -0.15) is 0 Å². The normalized spacial score (nSPS) is 21.4. The first-order valence-electron chi connectivity index (χ1n) is 19.0. The van der Waals surface area contributed by atoms with Crippen molar-refractivity contribution in [2.45, 2.75) is 64.2 Å². The minimum Gasteiger partial charge on any atom is -0.457 e. The van der Waals surface area contributed by atoms with Gasteiger partial charge < -0.3 is 9.64 Å². The predicted molar refractivity (Wildman–Crippen MR) is 213 cm³/mol. The number of benzene rings is 6. The Hall–Kier alpha value is -5.08. The fourth-order valence-electron chi connectivity index (χ4n) is 9.93. The molecule has 2 nitrogen and oxygen atoms in total. The largest absolute Gasteiger partial charge is 0.457 e. The number of rotatable bonds is 7. The molecule has 0 aliphatic heterocycles. The number of anilines is 3. The third-order valence-electron chi connectivity index (χ3n) is 12.2. The van der Waals surface area contributed by atoms with E-state index in [4.69, 9.17) is 4.74 Å². The summed E-state index contributed by atoms with van der Waals surface area (Å²) in [5.74, 6) is 4.88. The van der Waals surface area contributed by atoms with Gasteiger partial charge in [0, 0.05) is 22.5 Å². The molecule has 0 amide bonds. The number of para-hydroxylation sites is 1. The Bertz CT molecular complexity index is 2170. The first-order valence-corrected chi connectivity index (χ1v) is 19.0. The van der Waals surface area contributed by atoms with Crippen molar-refractivity contribution in [1.82, 2.24) is 0 Å². The molecule has 2 unspecified atom stereocenters. The molecule has 2 saturated carbocycles. The van der Waals surface area contributed by atoms with Crippen LogP contribution in [0.3, 0.4) is 0 Å². The summed E-state index contributed by atoms with van der Waals surface area (Å²) in [5, 5.41) is 0. The Labute approximate surface area is 303 Å². The molecule has 3 aliphatic rings. The van der Waals surface area contributed by atoms with E-state index in [1.807, 2.05) is 0 Å². The molecule has 51 heavy (non-hydrogen) atoms. The van der Waals surface area contributed by atoms with E-state index in [0.717, 1.165) is 46.3 Å². The van der Waals surface area contributed by atoms with Crippen LogP contribution in [0.15, 0.2) is 146 Å². The van der Waals surface area contributed by atoms with E-state index >= 15 is 0 Å². The van der Waals surface area contributed by atoms with Crippen molar-refractivity contribution in [2.75, 3.05) is 4.90 Å². The molecule has 6 aromatic carbocycles. The van der Waals surface area contributed by atoms with Gasteiger partial charge in [0.05, 0.1) is 0 Å². The summed E-state index contributed by atoms with van der Waals surface area (Å²) in [6.07, 6.45) is 6.76. The molecule has 0 spiro atoms. The van der Waals surface area contributed by atoms with Crippen molar-refractivity contribution in [3.05, 3.63) is 162 Å². The highest BCUT2D eigenvalue weighted by molar-refractivity contribution is 5.86. The molecule has 3 aliphatic carbocycles. The minimum atomic E-state index is -0.0839. The lowest BCUT2D eigenvalue weighted by molar-refractivity contribution is 0.110. The standard InChI is InChI=1S/C49H47NO/c1-33-29-36-16-11-17-37(30-33)48(36)44-20-8-10-22-47(44)51-41-26-23-38(24-27-41)50(39-18-12-15-35(31-39)34-13-5-4-6-14-34)40-25-28-43-42-19-7-9-21-45(42)49(2,3)46(43)32-40/h4-10,12-15,18-28,31-33,36-37,48H,11,16-17,29-30H2,1-3H3/t33?,36-,37+,48?. The molecule has 0 N–H and O–H groups in total. The van der Waals surface area contributed by atoms with Gasteiger partial charge >= 0.3 is 0 Å². The monoisotopic (exact) mass is 665 g/mol. The second-order valence-corrected chi connectivity index (χ2v) is 15.8. The van der Waals surface area contributed by atoms with Crippen molar-refractivity contribution < 1.29 is 4.74 Å². The fraction of sp³-hybridized carbons (Fsp3) is 0.265. The summed E-state index contributed by atoms with van der Waals surface area (Å²) >= 11 is 0. The average molecular weight is 666 g/mol. The quantitative estimate of drug-likeness (QED) is 0.168. The van der Waals surface area contributed by atoms with Crippen LogP contribution in [-0.2, 0) is 5.41 Å². The van der Waals surface area contributed by atoms with E-state index in [2.05, 4.69) is 171 Å². The second-order valence-electron chi connectivity index (χ2n) is 15.8. The Morgan fingerprint density at radius 2 is 1.22 bits per heavy atom. The van der Waals surface area contributed by atoms with Crippen molar-refractivity contribution in [1.29, 1.82) is 0 Å². The van der Waals surface area contributed by atoms with Crippen LogP contribution in [0.25, 0.3) is 22.3 Å². The molecule has 2 fully saturated rings. The zero-order valence-corrected chi connectivity index (χ0v) is 30.1. The number of hydrogen-bond donors (Lipinski definition) is 0. The molecule has 4 atom stereocenters. The molecule has 0 radical (unpaired) electrons. The van der Waals surface area contributed by atoms with E-state index < -0.39 is 0 Å². The first kappa shape index (κ1) is 31.9. The van der Waals surface area contributed by atoms with Crippen molar-refractivity contribution in [3.63, 3.8) is 0 Å². The molecule has 0 aromatic heterocycles. The lowest BCUT2D eigenvalue weighted by Crippen LogP contribution is -2.34. The topological polar surface area (TPSA) is 12.5 Å². The maximum atomic E-state index is 6.78. The Morgan fingerprint density at radius 3 is 2.02 bits per heavy atom.